The molecule has 0 spiro atoms. The number of rotatable bonds is 6. The minimum atomic E-state index is -3.23. The third kappa shape index (κ3) is 4.92. The Morgan fingerprint density at radius 2 is 1.97 bits per heavy atom. The van der Waals surface area contributed by atoms with Gasteiger partial charge < -0.3 is 9.64 Å². The highest BCUT2D eigenvalue weighted by molar-refractivity contribution is 7.88. The van der Waals surface area contributed by atoms with Crippen molar-refractivity contribution in [1.29, 1.82) is 0 Å². The van der Waals surface area contributed by atoms with E-state index in [4.69, 9.17) is 4.74 Å². The van der Waals surface area contributed by atoms with Gasteiger partial charge in [0.2, 0.25) is 10.0 Å². The lowest BCUT2D eigenvalue weighted by Crippen LogP contribution is -2.40. The van der Waals surface area contributed by atoms with Gasteiger partial charge in [-0.2, -0.15) is 4.31 Å². The van der Waals surface area contributed by atoms with Gasteiger partial charge in [-0.25, -0.2) is 8.42 Å². The Morgan fingerprint density at radius 3 is 2.63 bits per heavy atom. The van der Waals surface area contributed by atoms with Gasteiger partial charge in [0.15, 0.2) is 0 Å². The molecular weight excluding hydrogens is 402 g/mol. The van der Waals surface area contributed by atoms with Crippen LogP contribution >= 0.6 is 0 Å². The van der Waals surface area contributed by atoms with E-state index in [0.29, 0.717) is 44.9 Å². The summed E-state index contributed by atoms with van der Waals surface area (Å²) in [7, 11) is -1.49. The predicted octanol–water partition coefficient (Wildman–Crippen LogP) is 2.24. The average Bonchev–Trinajstić information content (AvgIpc) is 3.09. The van der Waals surface area contributed by atoms with Crippen LogP contribution in [0.2, 0.25) is 0 Å². The maximum atomic E-state index is 12.9. The Labute approximate surface area is 179 Å². The van der Waals surface area contributed by atoms with Gasteiger partial charge in [0.1, 0.15) is 18.1 Å². The molecule has 1 aromatic rings. The van der Waals surface area contributed by atoms with Crippen LogP contribution in [0.3, 0.4) is 0 Å². The summed E-state index contributed by atoms with van der Waals surface area (Å²) in [5, 5.41) is 0. The normalized spacial score (nSPS) is 17.6. The monoisotopic (exact) mass is 433 g/mol. The summed E-state index contributed by atoms with van der Waals surface area (Å²) in [6.07, 6.45) is 1.74. The zero-order valence-electron chi connectivity index (χ0n) is 18.4. The van der Waals surface area contributed by atoms with E-state index in [1.807, 2.05) is 18.2 Å². The van der Waals surface area contributed by atoms with E-state index in [9.17, 15) is 13.2 Å². The second-order valence-electron chi connectivity index (χ2n) is 8.91. The zero-order valence-corrected chi connectivity index (χ0v) is 19.3. The van der Waals surface area contributed by atoms with Crippen molar-refractivity contribution in [3.8, 4) is 5.75 Å². The Kier molecular flexibility index (Phi) is 6.38. The van der Waals surface area contributed by atoms with Gasteiger partial charge in [-0.3, -0.25) is 9.79 Å². The molecule has 0 fully saturated rings. The Bertz CT molecular complexity index is 990. The third-order valence-electron chi connectivity index (χ3n) is 5.52. The van der Waals surface area contributed by atoms with Gasteiger partial charge in [-0.15, -0.1) is 0 Å². The van der Waals surface area contributed by atoms with Gasteiger partial charge in [0.25, 0.3) is 5.91 Å². The lowest BCUT2D eigenvalue weighted by atomic mass is 9.86. The van der Waals surface area contributed by atoms with Crippen molar-refractivity contribution in [3.05, 3.63) is 41.0 Å². The maximum absolute atomic E-state index is 12.9. The Balaban J connectivity index is 1.60. The SMILES string of the molecule is CN(CCOc1ccccc1C(C)(C)C)C(=O)C1=NCC2=C1CCN(S(C)(=O)=O)C2. The molecule has 1 aromatic carbocycles. The van der Waals surface area contributed by atoms with Gasteiger partial charge in [-0.1, -0.05) is 39.0 Å². The highest BCUT2D eigenvalue weighted by Crippen LogP contribution is 2.31. The second-order valence-corrected chi connectivity index (χ2v) is 10.9. The first kappa shape index (κ1) is 22.5. The largest absolute Gasteiger partial charge is 0.491 e. The van der Waals surface area contributed by atoms with Crippen molar-refractivity contribution < 1.29 is 17.9 Å². The summed E-state index contributed by atoms with van der Waals surface area (Å²) in [4.78, 5) is 19.0. The number of carbonyl (C=O) groups is 1. The van der Waals surface area contributed by atoms with Gasteiger partial charge in [0.05, 0.1) is 19.3 Å². The van der Waals surface area contributed by atoms with Crippen molar-refractivity contribution in [2.45, 2.75) is 32.6 Å². The van der Waals surface area contributed by atoms with Crippen LogP contribution in [0.1, 0.15) is 32.8 Å². The summed E-state index contributed by atoms with van der Waals surface area (Å²) in [5.41, 5.74) is 3.41. The van der Waals surface area contributed by atoms with Crippen LogP contribution in [0.15, 0.2) is 40.4 Å². The lowest BCUT2D eigenvalue weighted by Gasteiger charge is -2.27. The quantitative estimate of drug-likeness (QED) is 0.689. The lowest BCUT2D eigenvalue weighted by molar-refractivity contribution is -0.123. The number of amides is 1. The molecule has 0 atom stereocenters. The Hall–Kier alpha value is -2.19. The molecule has 0 saturated heterocycles. The number of nitrogens with zero attached hydrogens (tertiary/aromatic N) is 3. The van der Waals surface area contributed by atoms with E-state index >= 15 is 0 Å². The molecule has 0 radical (unpaired) electrons. The maximum Gasteiger partial charge on any atom is 0.272 e. The fourth-order valence-electron chi connectivity index (χ4n) is 3.77. The molecule has 8 heteroatoms. The van der Waals surface area contributed by atoms with Crippen LogP contribution < -0.4 is 4.74 Å². The molecule has 0 aromatic heterocycles. The van der Waals surface area contributed by atoms with Crippen LogP contribution in [0.5, 0.6) is 5.75 Å². The molecule has 30 heavy (non-hydrogen) atoms. The standard InChI is InChI=1S/C22H31N3O4S/c1-22(2,3)18-8-6-7-9-19(18)29-13-12-24(4)21(26)20-17-10-11-25(30(5,27)28)15-16(17)14-23-20/h6-9H,10-15H2,1-5H3. The van der Waals surface area contributed by atoms with E-state index in [1.54, 1.807) is 11.9 Å². The summed E-state index contributed by atoms with van der Waals surface area (Å²) in [6.45, 7) is 8.36. The van der Waals surface area contributed by atoms with Crippen LogP contribution in [-0.2, 0) is 20.2 Å². The average molecular weight is 434 g/mol. The number of sulfonamides is 1. The summed E-state index contributed by atoms with van der Waals surface area (Å²) >= 11 is 0. The van der Waals surface area contributed by atoms with Crippen molar-refractivity contribution in [3.63, 3.8) is 0 Å². The summed E-state index contributed by atoms with van der Waals surface area (Å²) in [5.74, 6) is 0.697. The third-order valence-corrected chi connectivity index (χ3v) is 6.77. The molecule has 0 saturated carbocycles. The van der Waals surface area contributed by atoms with Gasteiger partial charge in [-0.05, 0) is 34.6 Å². The molecule has 2 aliphatic heterocycles. The van der Waals surface area contributed by atoms with Gasteiger partial charge >= 0.3 is 0 Å². The smallest absolute Gasteiger partial charge is 0.272 e. The fourth-order valence-corrected chi connectivity index (χ4v) is 4.58. The van der Waals surface area contributed by atoms with E-state index in [1.165, 1.54) is 10.6 Å². The minimum Gasteiger partial charge on any atom is -0.491 e. The molecule has 1 amide bonds. The van der Waals surface area contributed by atoms with E-state index in [-0.39, 0.29) is 11.3 Å². The van der Waals surface area contributed by atoms with E-state index in [0.717, 1.165) is 22.5 Å². The Morgan fingerprint density at radius 1 is 1.27 bits per heavy atom. The molecule has 2 aliphatic rings. The fraction of sp³-hybridized carbons (Fsp3) is 0.545. The first-order valence-corrected chi connectivity index (χ1v) is 12.0. The molecular formula is C22H31N3O4S. The van der Waals surface area contributed by atoms with Crippen molar-refractivity contribution >= 4 is 21.6 Å². The number of benzene rings is 1. The molecule has 0 bridgehead atoms. The van der Waals surface area contributed by atoms with E-state index in [2.05, 4.69) is 31.8 Å². The molecule has 0 N–H and O–H groups in total. The van der Waals surface area contributed by atoms with Crippen molar-refractivity contribution in [2.75, 3.05) is 46.1 Å². The number of hydrogen-bond acceptors (Lipinski definition) is 5. The summed E-state index contributed by atoms with van der Waals surface area (Å²) < 4.78 is 31.0. The topological polar surface area (TPSA) is 79.3 Å². The molecule has 2 heterocycles. The van der Waals surface area contributed by atoms with Crippen LogP contribution in [-0.4, -0.2) is 75.3 Å². The predicted molar refractivity (Wildman–Crippen MR) is 119 cm³/mol. The van der Waals surface area contributed by atoms with Crippen LogP contribution in [0.4, 0.5) is 0 Å². The van der Waals surface area contributed by atoms with Crippen molar-refractivity contribution in [1.82, 2.24) is 9.21 Å². The first-order chi connectivity index (χ1) is 14.0. The number of aliphatic imine (C=N–C) groups is 1. The van der Waals surface area contributed by atoms with Crippen molar-refractivity contribution in [2.24, 2.45) is 4.99 Å². The molecule has 7 nitrogen and oxygen atoms in total. The zero-order chi connectivity index (χ0) is 22.1. The highest BCUT2D eigenvalue weighted by atomic mass is 32.2. The van der Waals surface area contributed by atoms with E-state index < -0.39 is 10.0 Å². The van der Waals surface area contributed by atoms with Gasteiger partial charge in [0, 0.05) is 20.1 Å². The molecule has 3 rings (SSSR count). The molecule has 164 valence electrons. The number of likely N-dealkylation sites (N-methyl/N-ethyl adjacent to an activating group) is 1. The number of carbonyl (C=O) groups excluding carboxylic acids is 1. The second kappa shape index (κ2) is 8.51. The molecule has 0 unspecified atom stereocenters. The minimum absolute atomic E-state index is 0.0272. The first-order valence-electron chi connectivity index (χ1n) is 10.2. The number of ether oxygens (including phenoxy) is 1. The number of para-hydroxylation sites is 1. The summed E-state index contributed by atoms with van der Waals surface area (Å²) in [6, 6.07) is 7.97. The number of hydrogen-bond donors (Lipinski definition) is 0. The molecule has 0 aliphatic carbocycles. The van der Waals surface area contributed by atoms with Crippen LogP contribution in [0.25, 0.3) is 0 Å². The van der Waals surface area contributed by atoms with Crippen LogP contribution in [0, 0.1) is 0 Å². The highest BCUT2D eigenvalue weighted by Gasteiger charge is 2.33.